The van der Waals surface area contributed by atoms with Crippen molar-refractivity contribution in [3.8, 4) is 0 Å². The average molecular weight is 327 g/mol. The minimum atomic E-state index is 0.632. The molecule has 2 heterocycles. The molecule has 128 valence electrons. The second-order valence-corrected chi connectivity index (χ2v) is 6.14. The smallest absolute Gasteiger partial charge is 0.194 e. The Morgan fingerprint density at radius 3 is 2.75 bits per heavy atom. The Bertz CT molecular complexity index is 660. The number of hydrogen-bond donors (Lipinski definition) is 1. The van der Waals surface area contributed by atoms with E-state index in [9.17, 15) is 0 Å². The van der Waals surface area contributed by atoms with E-state index in [1.165, 1.54) is 11.1 Å². The summed E-state index contributed by atoms with van der Waals surface area (Å²) in [4.78, 5) is 9.18. The van der Waals surface area contributed by atoms with Gasteiger partial charge in [-0.15, -0.1) is 0 Å². The Morgan fingerprint density at radius 1 is 1.25 bits per heavy atom. The van der Waals surface area contributed by atoms with Crippen LogP contribution in [0.3, 0.4) is 0 Å². The molecule has 1 aromatic heterocycles. The van der Waals surface area contributed by atoms with Crippen LogP contribution in [0.1, 0.15) is 16.8 Å². The molecule has 1 saturated heterocycles. The van der Waals surface area contributed by atoms with Crippen LogP contribution in [-0.2, 0) is 13.1 Å². The molecule has 0 spiro atoms. The maximum atomic E-state index is 4.85. The van der Waals surface area contributed by atoms with E-state index in [1.807, 2.05) is 13.1 Å². The van der Waals surface area contributed by atoms with Gasteiger partial charge in [-0.25, -0.2) is 0 Å². The Morgan fingerprint density at radius 2 is 2.08 bits per heavy atom. The lowest BCUT2D eigenvalue weighted by molar-refractivity contribution is 0.172. The molecule has 0 unspecified atom stereocenters. The van der Waals surface area contributed by atoms with Crippen molar-refractivity contribution < 1.29 is 4.52 Å². The third-order valence-electron chi connectivity index (χ3n) is 4.29. The third-order valence-corrected chi connectivity index (χ3v) is 4.29. The normalized spacial score (nSPS) is 16.4. The highest BCUT2D eigenvalue weighted by atomic mass is 16.5. The molecule has 24 heavy (non-hydrogen) atoms. The van der Waals surface area contributed by atoms with Crippen molar-refractivity contribution in [3.05, 3.63) is 53.4 Å². The Kier molecular flexibility index (Phi) is 5.48. The molecule has 6 heteroatoms. The number of aryl methyl sites for hydroxylation is 1. The van der Waals surface area contributed by atoms with E-state index < -0.39 is 0 Å². The van der Waals surface area contributed by atoms with E-state index >= 15 is 0 Å². The number of aliphatic imine (C=N–C) groups is 1. The van der Waals surface area contributed by atoms with Gasteiger partial charge in [-0.2, -0.15) is 0 Å². The van der Waals surface area contributed by atoms with Crippen molar-refractivity contribution in [2.24, 2.45) is 4.99 Å². The highest BCUT2D eigenvalue weighted by Crippen LogP contribution is 2.10. The molecular formula is C18H25N5O. The minimum Gasteiger partial charge on any atom is -0.364 e. The zero-order valence-corrected chi connectivity index (χ0v) is 14.4. The number of aromatic nitrogens is 1. The fraction of sp³-hybridized carbons (Fsp3) is 0.444. The Hall–Kier alpha value is -2.34. The zero-order valence-electron chi connectivity index (χ0n) is 14.4. The van der Waals surface area contributed by atoms with E-state index in [0.717, 1.165) is 44.4 Å². The maximum Gasteiger partial charge on any atom is 0.194 e. The molecule has 2 aromatic rings. The molecule has 0 atom stereocenters. The molecule has 1 aromatic carbocycles. The van der Waals surface area contributed by atoms with Gasteiger partial charge in [0.1, 0.15) is 12.0 Å². The molecule has 0 saturated carbocycles. The molecule has 0 aliphatic carbocycles. The minimum absolute atomic E-state index is 0.632. The molecule has 3 rings (SSSR count). The SMILES string of the molecule is CN=C(NCc1ccon1)N1CCN(Cc2cccc(C)c2)CC1. The lowest BCUT2D eigenvalue weighted by Gasteiger charge is -2.36. The summed E-state index contributed by atoms with van der Waals surface area (Å²) in [6.07, 6.45) is 1.59. The van der Waals surface area contributed by atoms with E-state index in [-0.39, 0.29) is 0 Å². The number of guanidine groups is 1. The monoisotopic (exact) mass is 327 g/mol. The molecule has 1 fully saturated rings. The summed E-state index contributed by atoms with van der Waals surface area (Å²) in [6, 6.07) is 10.6. The van der Waals surface area contributed by atoms with Crippen LogP contribution < -0.4 is 5.32 Å². The van der Waals surface area contributed by atoms with Gasteiger partial charge in [0.05, 0.1) is 6.54 Å². The van der Waals surface area contributed by atoms with Crippen molar-refractivity contribution in [2.75, 3.05) is 33.2 Å². The summed E-state index contributed by atoms with van der Waals surface area (Å²) in [5.41, 5.74) is 3.59. The van der Waals surface area contributed by atoms with Crippen LogP contribution in [-0.4, -0.2) is 54.1 Å². The topological polar surface area (TPSA) is 56.9 Å². The lowest BCUT2D eigenvalue weighted by atomic mass is 10.1. The molecular weight excluding hydrogens is 302 g/mol. The van der Waals surface area contributed by atoms with Gasteiger partial charge in [-0.1, -0.05) is 35.0 Å². The Balaban J connectivity index is 1.48. The van der Waals surface area contributed by atoms with Crippen molar-refractivity contribution >= 4 is 5.96 Å². The van der Waals surface area contributed by atoms with Crippen LogP contribution in [0.4, 0.5) is 0 Å². The summed E-state index contributed by atoms with van der Waals surface area (Å²) in [5.74, 6) is 0.924. The lowest BCUT2D eigenvalue weighted by Crippen LogP contribution is -2.52. The van der Waals surface area contributed by atoms with Crippen LogP contribution in [0.5, 0.6) is 0 Å². The number of piperazine rings is 1. The Labute approximate surface area is 143 Å². The molecule has 0 bridgehead atoms. The highest BCUT2D eigenvalue weighted by Gasteiger charge is 2.19. The van der Waals surface area contributed by atoms with E-state index in [0.29, 0.717) is 6.54 Å². The second kappa shape index (κ2) is 7.97. The number of benzene rings is 1. The fourth-order valence-corrected chi connectivity index (χ4v) is 3.02. The molecule has 1 N–H and O–H groups in total. The first-order chi connectivity index (χ1) is 11.7. The molecule has 1 aliphatic rings. The summed E-state index contributed by atoms with van der Waals surface area (Å²) in [5, 5.41) is 7.26. The van der Waals surface area contributed by atoms with Gasteiger partial charge in [0.2, 0.25) is 0 Å². The molecule has 0 radical (unpaired) electrons. The van der Waals surface area contributed by atoms with Crippen molar-refractivity contribution in [2.45, 2.75) is 20.0 Å². The van der Waals surface area contributed by atoms with Gasteiger partial charge in [0.25, 0.3) is 0 Å². The zero-order chi connectivity index (χ0) is 16.8. The van der Waals surface area contributed by atoms with Crippen LogP contribution in [0.15, 0.2) is 46.1 Å². The quantitative estimate of drug-likeness (QED) is 0.686. The summed E-state index contributed by atoms with van der Waals surface area (Å²) >= 11 is 0. The van der Waals surface area contributed by atoms with Crippen molar-refractivity contribution in [1.29, 1.82) is 0 Å². The number of nitrogens with zero attached hydrogens (tertiary/aromatic N) is 4. The van der Waals surface area contributed by atoms with Crippen molar-refractivity contribution in [3.63, 3.8) is 0 Å². The fourth-order valence-electron chi connectivity index (χ4n) is 3.02. The third kappa shape index (κ3) is 4.35. The van der Waals surface area contributed by atoms with Crippen LogP contribution >= 0.6 is 0 Å². The van der Waals surface area contributed by atoms with Gasteiger partial charge in [-0.3, -0.25) is 9.89 Å². The summed E-state index contributed by atoms with van der Waals surface area (Å²) in [7, 11) is 1.82. The summed E-state index contributed by atoms with van der Waals surface area (Å²) < 4.78 is 4.85. The molecule has 1 aliphatic heterocycles. The molecule has 0 amide bonds. The van der Waals surface area contributed by atoms with Crippen molar-refractivity contribution in [1.82, 2.24) is 20.3 Å². The van der Waals surface area contributed by atoms with Gasteiger partial charge in [0.15, 0.2) is 5.96 Å². The predicted molar refractivity (Wildman–Crippen MR) is 94.7 cm³/mol. The number of rotatable bonds is 4. The van der Waals surface area contributed by atoms with Crippen LogP contribution in [0, 0.1) is 6.92 Å². The second-order valence-electron chi connectivity index (χ2n) is 6.14. The van der Waals surface area contributed by atoms with Gasteiger partial charge >= 0.3 is 0 Å². The first kappa shape index (κ1) is 16.5. The van der Waals surface area contributed by atoms with Gasteiger partial charge < -0.3 is 14.7 Å². The van der Waals surface area contributed by atoms with E-state index in [4.69, 9.17) is 4.52 Å². The predicted octanol–water partition coefficient (Wildman–Crippen LogP) is 1.88. The average Bonchev–Trinajstić information content (AvgIpc) is 3.10. The highest BCUT2D eigenvalue weighted by molar-refractivity contribution is 5.79. The van der Waals surface area contributed by atoms with E-state index in [2.05, 4.69) is 56.5 Å². The van der Waals surface area contributed by atoms with Crippen LogP contribution in [0.2, 0.25) is 0 Å². The maximum absolute atomic E-state index is 4.85. The van der Waals surface area contributed by atoms with Gasteiger partial charge in [-0.05, 0) is 12.5 Å². The summed E-state index contributed by atoms with van der Waals surface area (Å²) in [6.45, 7) is 7.82. The van der Waals surface area contributed by atoms with E-state index in [1.54, 1.807) is 6.26 Å². The first-order valence-corrected chi connectivity index (χ1v) is 8.37. The first-order valence-electron chi connectivity index (χ1n) is 8.37. The number of nitrogens with one attached hydrogen (secondary N) is 1. The van der Waals surface area contributed by atoms with Crippen LogP contribution in [0.25, 0.3) is 0 Å². The standard InChI is InChI=1S/C18H25N5O/c1-15-4-3-5-16(12-15)14-22-7-9-23(10-8-22)18(19-2)20-13-17-6-11-24-21-17/h3-6,11-12H,7-10,13-14H2,1-2H3,(H,19,20). The number of hydrogen-bond acceptors (Lipinski definition) is 4. The molecule has 6 nitrogen and oxygen atoms in total. The largest absolute Gasteiger partial charge is 0.364 e. The van der Waals surface area contributed by atoms with Gasteiger partial charge in [0, 0.05) is 45.8 Å².